The zero-order chi connectivity index (χ0) is 30.4. The molecule has 11 nitrogen and oxygen atoms in total. The van der Waals surface area contributed by atoms with Crippen molar-refractivity contribution in [2.24, 2.45) is 7.05 Å². The SMILES string of the molecule is Cc1ccc(C(O)(c2nnnn2C)C(F)(F)F)cc1-c1cnc2c(N)nc(C(F)(F)F)cn12.O=C(O)C(F)(F)F. The second kappa shape index (κ2) is 9.92. The molecule has 0 bridgehead atoms. The van der Waals surface area contributed by atoms with Gasteiger partial charge in [0.25, 0.3) is 0 Å². The van der Waals surface area contributed by atoms with Crippen LogP contribution in [0.2, 0.25) is 0 Å². The monoisotopic (exact) mass is 586 g/mol. The van der Waals surface area contributed by atoms with Crippen molar-refractivity contribution in [3.05, 3.63) is 53.2 Å². The Hall–Kier alpha value is -4.49. The van der Waals surface area contributed by atoms with E-state index in [1.165, 1.54) is 13.0 Å². The van der Waals surface area contributed by atoms with Crippen molar-refractivity contribution >= 4 is 17.4 Å². The van der Waals surface area contributed by atoms with Gasteiger partial charge in [-0.05, 0) is 29.0 Å². The Balaban J connectivity index is 0.000000559. The van der Waals surface area contributed by atoms with Crippen LogP contribution in [0.5, 0.6) is 0 Å². The molecular weight excluding hydrogens is 571 g/mol. The summed E-state index contributed by atoms with van der Waals surface area (Å²) in [5.74, 6) is -4.16. The summed E-state index contributed by atoms with van der Waals surface area (Å²) in [4.78, 5) is 16.1. The van der Waals surface area contributed by atoms with Gasteiger partial charge in [-0.1, -0.05) is 12.1 Å². The highest BCUT2D eigenvalue weighted by molar-refractivity contribution is 5.73. The van der Waals surface area contributed by atoms with E-state index in [0.29, 0.717) is 16.4 Å². The molecule has 1 unspecified atom stereocenters. The number of fused-ring (bicyclic) bond motifs is 1. The number of tetrazole rings is 1. The minimum absolute atomic E-state index is 0.00423. The molecule has 216 valence electrons. The zero-order valence-corrected chi connectivity index (χ0v) is 19.8. The summed E-state index contributed by atoms with van der Waals surface area (Å²) >= 11 is 0. The van der Waals surface area contributed by atoms with Crippen molar-refractivity contribution in [2.75, 3.05) is 5.73 Å². The van der Waals surface area contributed by atoms with E-state index in [2.05, 4.69) is 25.5 Å². The molecule has 1 atom stereocenters. The number of carbonyl (C=O) groups is 1. The number of carboxylic acids is 1. The van der Waals surface area contributed by atoms with E-state index in [0.717, 1.165) is 29.8 Å². The van der Waals surface area contributed by atoms with E-state index in [4.69, 9.17) is 15.6 Å². The number of halogens is 9. The average molecular weight is 586 g/mol. The second-order valence-corrected chi connectivity index (χ2v) is 8.01. The fourth-order valence-corrected chi connectivity index (χ4v) is 3.43. The van der Waals surface area contributed by atoms with Gasteiger partial charge in [-0.15, -0.1) is 5.10 Å². The molecule has 3 heterocycles. The van der Waals surface area contributed by atoms with Gasteiger partial charge in [0.15, 0.2) is 23.0 Å². The number of aryl methyl sites for hydroxylation is 2. The van der Waals surface area contributed by atoms with Crippen LogP contribution in [0, 0.1) is 6.92 Å². The maximum absolute atomic E-state index is 14.1. The molecule has 0 amide bonds. The topological polar surface area (TPSA) is 157 Å². The molecule has 4 rings (SSSR count). The van der Waals surface area contributed by atoms with E-state index in [1.54, 1.807) is 0 Å². The van der Waals surface area contributed by atoms with Crippen LogP contribution in [-0.4, -0.2) is 63.1 Å². The summed E-state index contributed by atoms with van der Waals surface area (Å²) in [6.45, 7) is 1.53. The number of imidazole rings is 1. The Kier molecular flexibility index (Phi) is 7.45. The van der Waals surface area contributed by atoms with Gasteiger partial charge in [-0.3, -0.25) is 4.40 Å². The quantitative estimate of drug-likeness (QED) is 0.307. The van der Waals surface area contributed by atoms with Crippen LogP contribution in [0.1, 0.15) is 22.6 Å². The molecule has 0 fully saturated rings. The molecule has 1 aromatic carbocycles. The Labute approximate surface area is 215 Å². The Bertz CT molecular complexity index is 1560. The third-order valence-corrected chi connectivity index (χ3v) is 5.34. The van der Waals surface area contributed by atoms with Crippen LogP contribution in [0.25, 0.3) is 16.9 Å². The van der Waals surface area contributed by atoms with Crippen LogP contribution >= 0.6 is 0 Å². The third kappa shape index (κ3) is 5.46. The highest BCUT2D eigenvalue weighted by Gasteiger charge is 2.59. The smallest absolute Gasteiger partial charge is 0.475 e. The van der Waals surface area contributed by atoms with E-state index < -0.39 is 53.0 Å². The summed E-state index contributed by atoms with van der Waals surface area (Å²) in [5.41, 5.74) is 0.393. The number of hydrogen-bond donors (Lipinski definition) is 3. The zero-order valence-electron chi connectivity index (χ0n) is 19.8. The number of rotatable bonds is 3. The molecule has 4 N–H and O–H groups in total. The van der Waals surface area contributed by atoms with E-state index in [1.807, 2.05) is 0 Å². The molecule has 4 aromatic rings. The molecule has 3 aromatic heterocycles. The molecule has 20 heteroatoms. The predicted octanol–water partition coefficient (Wildman–Crippen LogP) is 3.26. The lowest BCUT2D eigenvalue weighted by molar-refractivity contribution is -0.252. The van der Waals surface area contributed by atoms with E-state index >= 15 is 0 Å². The first kappa shape index (κ1) is 30.1. The number of nitrogen functional groups attached to an aromatic ring is 1. The molecular formula is C20H15F9N8O3. The van der Waals surface area contributed by atoms with Gasteiger partial charge in [0.1, 0.15) is 0 Å². The van der Waals surface area contributed by atoms with Gasteiger partial charge in [-0.25, -0.2) is 19.4 Å². The van der Waals surface area contributed by atoms with Crippen LogP contribution in [0.4, 0.5) is 45.3 Å². The van der Waals surface area contributed by atoms with E-state index in [9.17, 15) is 44.6 Å². The first-order chi connectivity index (χ1) is 18.2. The molecule has 0 aliphatic heterocycles. The maximum atomic E-state index is 14.1. The Morgan fingerprint density at radius 2 is 1.65 bits per heavy atom. The summed E-state index contributed by atoms with van der Waals surface area (Å²) in [6.07, 6.45) is -13.4. The molecule has 0 aliphatic rings. The first-order valence-corrected chi connectivity index (χ1v) is 10.3. The summed E-state index contributed by atoms with van der Waals surface area (Å²) in [6, 6.07) is 3.30. The Morgan fingerprint density at radius 1 is 1.05 bits per heavy atom. The van der Waals surface area contributed by atoms with Crippen molar-refractivity contribution in [1.82, 2.24) is 34.6 Å². The van der Waals surface area contributed by atoms with E-state index in [-0.39, 0.29) is 16.9 Å². The summed E-state index contributed by atoms with van der Waals surface area (Å²) in [7, 11) is 1.13. The fraction of sp³-hybridized carbons (Fsp3) is 0.300. The maximum Gasteiger partial charge on any atom is 0.490 e. The molecule has 0 saturated carbocycles. The van der Waals surface area contributed by atoms with Crippen molar-refractivity contribution < 1.29 is 54.5 Å². The number of anilines is 1. The molecule has 0 saturated heterocycles. The lowest BCUT2D eigenvalue weighted by Crippen LogP contribution is -2.45. The number of carboxylic acid groups (broad SMARTS) is 1. The second-order valence-electron chi connectivity index (χ2n) is 8.01. The number of aromatic nitrogens is 7. The number of nitrogens with zero attached hydrogens (tertiary/aromatic N) is 7. The summed E-state index contributed by atoms with van der Waals surface area (Å²) < 4.78 is 115. The number of alkyl halides is 9. The van der Waals surface area contributed by atoms with Gasteiger partial charge in [-0.2, -0.15) is 39.5 Å². The lowest BCUT2D eigenvalue weighted by Gasteiger charge is -2.29. The van der Waals surface area contributed by atoms with Gasteiger partial charge < -0.3 is 15.9 Å². The van der Waals surface area contributed by atoms with Crippen LogP contribution in [0.3, 0.4) is 0 Å². The fourth-order valence-electron chi connectivity index (χ4n) is 3.43. The molecule has 0 aliphatic carbocycles. The van der Waals surface area contributed by atoms with Crippen molar-refractivity contribution in [2.45, 2.75) is 31.1 Å². The number of nitrogens with two attached hydrogens (primary N) is 1. The van der Waals surface area contributed by atoms with Gasteiger partial charge in [0.05, 0.1) is 11.9 Å². The number of benzene rings is 1. The molecule has 0 radical (unpaired) electrons. The van der Waals surface area contributed by atoms with Crippen molar-refractivity contribution in [3.63, 3.8) is 0 Å². The minimum Gasteiger partial charge on any atom is -0.475 e. The molecule has 0 spiro atoms. The Morgan fingerprint density at radius 3 is 2.12 bits per heavy atom. The number of hydrogen-bond acceptors (Lipinski definition) is 8. The minimum atomic E-state index is -5.24. The van der Waals surface area contributed by atoms with Crippen molar-refractivity contribution in [1.29, 1.82) is 0 Å². The highest BCUT2D eigenvalue weighted by atomic mass is 19.4. The normalized spacial score (nSPS) is 14.0. The first-order valence-electron chi connectivity index (χ1n) is 10.3. The van der Waals surface area contributed by atoms with Gasteiger partial charge in [0, 0.05) is 24.4 Å². The third-order valence-electron chi connectivity index (χ3n) is 5.34. The largest absolute Gasteiger partial charge is 0.490 e. The van der Waals surface area contributed by atoms with Gasteiger partial charge in [0.2, 0.25) is 5.60 Å². The standard InChI is InChI=1S/C18H14F6N8O.C2HF3O2/c1-8-3-4-9(16(33,18(22,23)24)15-28-29-30-31(15)2)5-10(8)11-6-26-14-13(25)27-12(7-32(11)14)17(19,20)21;3-2(4,5)1(6)7/h3-7,33H,1-2H3,(H2,25,27);(H,6,7). The highest BCUT2D eigenvalue weighted by Crippen LogP contribution is 2.44. The van der Waals surface area contributed by atoms with Gasteiger partial charge >= 0.3 is 24.5 Å². The molecule has 40 heavy (non-hydrogen) atoms. The number of aliphatic carboxylic acids is 1. The summed E-state index contributed by atoms with van der Waals surface area (Å²) in [5, 5.41) is 27.7. The van der Waals surface area contributed by atoms with Crippen LogP contribution < -0.4 is 5.73 Å². The number of aliphatic hydroxyl groups is 1. The van der Waals surface area contributed by atoms with Crippen molar-refractivity contribution in [3.8, 4) is 11.3 Å². The predicted molar refractivity (Wildman–Crippen MR) is 114 cm³/mol. The lowest BCUT2D eigenvalue weighted by atomic mass is 9.89. The van der Waals surface area contributed by atoms with Crippen LogP contribution in [0.15, 0.2) is 30.6 Å². The van der Waals surface area contributed by atoms with Crippen LogP contribution in [-0.2, 0) is 23.6 Å². The average Bonchev–Trinajstić information content (AvgIpc) is 3.44.